The number of ether oxygens (including phenoxy) is 1. The third kappa shape index (κ3) is 3.69. The van der Waals surface area contributed by atoms with E-state index in [1.54, 1.807) is 0 Å². The second-order valence-electron chi connectivity index (χ2n) is 4.56. The number of nitrogens with one attached hydrogen (secondary N) is 1. The molecule has 0 aromatic rings. The Labute approximate surface area is 94.8 Å². The SMILES string of the molecule is CC(C)NC(C#N)(COCC(F)F)C1CC1. The van der Waals surface area contributed by atoms with E-state index in [1.807, 2.05) is 13.8 Å². The van der Waals surface area contributed by atoms with Gasteiger partial charge in [0.15, 0.2) is 0 Å². The standard InChI is InChI=1S/C11H18F2N2O/c1-8(2)15-11(6-14,9-3-4-9)7-16-5-10(12)13/h8-10,15H,3-5,7H2,1-2H3. The Morgan fingerprint density at radius 3 is 2.50 bits per heavy atom. The molecule has 0 aliphatic heterocycles. The molecule has 0 saturated heterocycles. The van der Waals surface area contributed by atoms with E-state index in [0.717, 1.165) is 12.8 Å². The fourth-order valence-corrected chi connectivity index (χ4v) is 1.83. The van der Waals surface area contributed by atoms with Gasteiger partial charge >= 0.3 is 0 Å². The number of hydrogen-bond acceptors (Lipinski definition) is 3. The zero-order valence-electron chi connectivity index (χ0n) is 9.67. The van der Waals surface area contributed by atoms with Gasteiger partial charge in [-0.05, 0) is 32.6 Å². The summed E-state index contributed by atoms with van der Waals surface area (Å²) in [6.45, 7) is 3.30. The van der Waals surface area contributed by atoms with Gasteiger partial charge in [-0.25, -0.2) is 8.78 Å². The normalized spacial score (nSPS) is 19.8. The molecule has 1 atom stereocenters. The van der Waals surface area contributed by atoms with E-state index in [0.29, 0.717) is 0 Å². The highest BCUT2D eigenvalue weighted by Crippen LogP contribution is 2.40. The molecule has 1 fully saturated rings. The molecule has 1 N–H and O–H groups in total. The van der Waals surface area contributed by atoms with Crippen molar-refractivity contribution in [3.05, 3.63) is 0 Å². The lowest BCUT2D eigenvalue weighted by atomic mass is 9.95. The predicted octanol–water partition coefficient (Wildman–Crippen LogP) is 1.94. The molecule has 1 unspecified atom stereocenters. The highest BCUT2D eigenvalue weighted by atomic mass is 19.3. The minimum atomic E-state index is -2.48. The number of halogens is 2. The van der Waals surface area contributed by atoms with Crippen molar-refractivity contribution in [2.24, 2.45) is 5.92 Å². The van der Waals surface area contributed by atoms with E-state index in [1.165, 1.54) is 0 Å². The Hall–Kier alpha value is -0.730. The predicted molar refractivity (Wildman–Crippen MR) is 56.2 cm³/mol. The fourth-order valence-electron chi connectivity index (χ4n) is 1.83. The molecule has 0 spiro atoms. The summed E-state index contributed by atoms with van der Waals surface area (Å²) in [4.78, 5) is 0. The molecular formula is C11H18F2N2O. The Morgan fingerprint density at radius 1 is 1.50 bits per heavy atom. The molecule has 1 aliphatic rings. The van der Waals surface area contributed by atoms with Crippen molar-refractivity contribution in [1.82, 2.24) is 5.32 Å². The molecule has 0 aromatic carbocycles. The molecule has 0 radical (unpaired) electrons. The van der Waals surface area contributed by atoms with Crippen molar-refractivity contribution in [3.63, 3.8) is 0 Å². The molecular weight excluding hydrogens is 214 g/mol. The molecule has 92 valence electrons. The molecule has 5 heteroatoms. The average molecular weight is 232 g/mol. The molecule has 1 saturated carbocycles. The lowest BCUT2D eigenvalue weighted by Gasteiger charge is -2.30. The molecule has 3 nitrogen and oxygen atoms in total. The summed E-state index contributed by atoms with van der Waals surface area (Å²) in [5, 5.41) is 12.4. The van der Waals surface area contributed by atoms with Crippen LogP contribution in [-0.4, -0.2) is 31.2 Å². The molecule has 1 aliphatic carbocycles. The van der Waals surface area contributed by atoms with Gasteiger partial charge in [0.1, 0.15) is 12.1 Å². The van der Waals surface area contributed by atoms with Crippen LogP contribution in [-0.2, 0) is 4.74 Å². The van der Waals surface area contributed by atoms with Gasteiger partial charge in [0.25, 0.3) is 6.43 Å². The fraction of sp³-hybridized carbons (Fsp3) is 0.909. The third-order valence-corrected chi connectivity index (χ3v) is 2.59. The van der Waals surface area contributed by atoms with E-state index in [2.05, 4.69) is 11.4 Å². The molecule has 0 bridgehead atoms. The van der Waals surface area contributed by atoms with Gasteiger partial charge in [-0.1, -0.05) is 0 Å². The zero-order chi connectivity index (χ0) is 12.2. The van der Waals surface area contributed by atoms with Crippen molar-refractivity contribution >= 4 is 0 Å². The number of nitrogens with zero attached hydrogens (tertiary/aromatic N) is 1. The van der Waals surface area contributed by atoms with Crippen molar-refractivity contribution in [2.75, 3.05) is 13.2 Å². The summed E-state index contributed by atoms with van der Waals surface area (Å²) in [5.41, 5.74) is -0.789. The van der Waals surface area contributed by atoms with Crippen LogP contribution in [0.4, 0.5) is 8.78 Å². The highest BCUT2D eigenvalue weighted by Gasteiger charge is 2.46. The van der Waals surface area contributed by atoms with Crippen LogP contribution in [0.25, 0.3) is 0 Å². The number of nitriles is 1. The summed E-state index contributed by atoms with van der Waals surface area (Å²) in [6, 6.07) is 2.34. The van der Waals surface area contributed by atoms with Crippen LogP contribution in [0, 0.1) is 17.2 Å². The molecule has 16 heavy (non-hydrogen) atoms. The van der Waals surface area contributed by atoms with Crippen molar-refractivity contribution < 1.29 is 13.5 Å². The van der Waals surface area contributed by atoms with Crippen LogP contribution < -0.4 is 5.32 Å². The molecule has 0 amide bonds. The van der Waals surface area contributed by atoms with E-state index < -0.39 is 18.6 Å². The summed E-state index contributed by atoms with van der Waals surface area (Å²) in [5.74, 6) is 0.234. The number of rotatable bonds is 7. The first-order chi connectivity index (χ1) is 7.50. The zero-order valence-corrected chi connectivity index (χ0v) is 9.67. The molecule has 1 rings (SSSR count). The maximum absolute atomic E-state index is 12.0. The van der Waals surface area contributed by atoms with Crippen LogP contribution in [0.1, 0.15) is 26.7 Å². The van der Waals surface area contributed by atoms with Crippen LogP contribution >= 0.6 is 0 Å². The first kappa shape index (κ1) is 13.3. The maximum atomic E-state index is 12.0. The lowest BCUT2D eigenvalue weighted by Crippen LogP contribution is -2.53. The third-order valence-electron chi connectivity index (χ3n) is 2.59. The topological polar surface area (TPSA) is 45.0 Å². The van der Waals surface area contributed by atoms with Gasteiger partial charge in [-0.2, -0.15) is 5.26 Å². The van der Waals surface area contributed by atoms with E-state index in [9.17, 15) is 14.0 Å². The first-order valence-electron chi connectivity index (χ1n) is 5.55. The Kier molecular flexibility index (Phi) is 4.63. The van der Waals surface area contributed by atoms with E-state index >= 15 is 0 Å². The smallest absolute Gasteiger partial charge is 0.261 e. The van der Waals surface area contributed by atoms with E-state index in [-0.39, 0.29) is 18.6 Å². The summed E-state index contributed by atoms with van der Waals surface area (Å²) in [7, 11) is 0. The monoisotopic (exact) mass is 232 g/mol. The van der Waals surface area contributed by atoms with Crippen LogP contribution in [0.3, 0.4) is 0 Å². The highest BCUT2D eigenvalue weighted by molar-refractivity contribution is 5.15. The summed E-state index contributed by atoms with van der Waals surface area (Å²) >= 11 is 0. The lowest BCUT2D eigenvalue weighted by molar-refractivity contribution is -0.00384. The van der Waals surface area contributed by atoms with Crippen molar-refractivity contribution in [1.29, 1.82) is 5.26 Å². The van der Waals surface area contributed by atoms with Crippen LogP contribution in [0.5, 0.6) is 0 Å². The minimum absolute atomic E-state index is 0.0384. The summed E-state index contributed by atoms with van der Waals surface area (Å²) in [6.07, 6.45) is -0.550. The van der Waals surface area contributed by atoms with E-state index in [4.69, 9.17) is 4.74 Å². The maximum Gasteiger partial charge on any atom is 0.261 e. The van der Waals surface area contributed by atoms with Crippen molar-refractivity contribution in [3.8, 4) is 6.07 Å². The Morgan fingerprint density at radius 2 is 2.12 bits per heavy atom. The van der Waals surface area contributed by atoms with Crippen molar-refractivity contribution in [2.45, 2.75) is 44.7 Å². The number of alkyl halides is 2. The minimum Gasteiger partial charge on any atom is -0.372 e. The molecule has 0 heterocycles. The van der Waals surface area contributed by atoms with Gasteiger partial charge in [0, 0.05) is 6.04 Å². The largest absolute Gasteiger partial charge is 0.372 e. The van der Waals surface area contributed by atoms with Gasteiger partial charge < -0.3 is 4.74 Å². The second-order valence-corrected chi connectivity index (χ2v) is 4.56. The number of hydrogen-bond donors (Lipinski definition) is 1. The average Bonchev–Trinajstić information content (AvgIpc) is 2.98. The second kappa shape index (κ2) is 5.55. The van der Waals surface area contributed by atoms with Gasteiger partial charge in [-0.15, -0.1) is 0 Å². The molecule has 0 aromatic heterocycles. The van der Waals surface area contributed by atoms with Gasteiger partial charge in [-0.3, -0.25) is 5.32 Å². The van der Waals surface area contributed by atoms with Gasteiger partial charge in [0.2, 0.25) is 0 Å². The van der Waals surface area contributed by atoms with Crippen LogP contribution in [0.15, 0.2) is 0 Å². The first-order valence-corrected chi connectivity index (χ1v) is 5.55. The Balaban J connectivity index is 2.52. The van der Waals surface area contributed by atoms with Crippen LogP contribution in [0.2, 0.25) is 0 Å². The van der Waals surface area contributed by atoms with Gasteiger partial charge in [0.05, 0.1) is 12.7 Å². The Bertz CT molecular complexity index is 261. The summed E-state index contributed by atoms with van der Waals surface area (Å²) < 4.78 is 28.8. The quantitative estimate of drug-likeness (QED) is 0.729.